The Morgan fingerprint density at radius 3 is 2.25 bits per heavy atom. The quantitative estimate of drug-likeness (QED) is 0.319. The third-order valence-corrected chi connectivity index (χ3v) is 12.9. The lowest BCUT2D eigenvalue weighted by atomic mass is 9.34. The molecule has 3 saturated carbocycles. The van der Waals surface area contributed by atoms with E-state index in [0.717, 1.165) is 44.9 Å². The van der Waals surface area contributed by atoms with E-state index in [9.17, 15) is 14.4 Å². The summed E-state index contributed by atoms with van der Waals surface area (Å²) < 4.78 is 6.06. The minimum atomic E-state index is -0.560. The van der Waals surface area contributed by atoms with E-state index in [1.165, 1.54) is 12.7 Å². The van der Waals surface area contributed by atoms with Gasteiger partial charge in [0.2, 0.25) is 0 Å². The van der Waals surface area contributed by atoms with Crippen LogP contribution in [0.25, 0.3) is 0 Å². The van der Waals surface area contributed by atoms with E-state index < -0.39 is 10.8 Å². The minimum Gasteiger partial charge on any atom is -0.469 e. The van der Waals surface area contributed by atoms with E-state index in [-0.39, 0.29) is 56.9 Å². The summed E-state index contributed by atoms with van der Waals surface area (Å²) in [6, 6.07) is 0. The molecular weight excluding hydrogens is 516 g/mol. The molecule has 0 aromatic heterocycles. The van der Waals surface area contributed by atoms with Crippen molar-refractivity contribution in [2.45, 2.75) is 93.4 Å². The topological polar surface area (TPSA) is 60.4 Å². The van der Waals surface area contributed by atoms with Crippen molar-refractivity contribution in [3.63, 3.8) is 0 Å². The van der Waals surface area contributed by atoms with Gasteiger partial charge in [0.1, 0.15) is 0 Å². The summed E-state index contributed by atoms with van der Waals surface area (Å²) in [7, 11) is 1.50. The molecule has 0 N–H and O–H groups in total. The van der Waals surface area contributed by atoms with Crippen LogP contribution < -0.4 is 0 Å². The third kappa shape index (κ3) is 3.07. The van der Waals surface area contributed by atoms with Crippen LogP contribution in [0.15, 0.2) is 22.2 Å². The number of hydrogen-bond donors (Lipinski definition) is 0. The fourth-order valence-corrected chi connectivity index (χ4v) is 11.0. The third-order valence-electron chi connectivity index (χ3n) is 12.3. The Morgan fingerprint density at radius 1 is 0.972 bits per heavy atom. The Morgan fingerprint density at radius 2 is 1.61 bits per heavy atom. The molecule has 5 rings (SSSR count). The maximum atomic E-state index is 14.3. The lowest BCUT2D eigenvalue weighted by Crippen LogP contribution is -2.65. The molecule has 5 aliphatic carbocycles. The molecule has 36 heavy (non-hydrogen) atoms. The molecular formula is C31H43BrO4. The molecule has 0 amide bonds. The molecule has 0 bridgehead atoms. The summed E-state index contributed by atoms with van der Waals surface area (Å²) in [5, 5.41) is 0. The van der Waals surface area contributed by atoms with Gasteiger partial charge in [-0.2, -0.15) is 0 Å². The predicted molar refractivity (Wildman–Crippen MR) is 144 cm³/mol. The Labute approximate surface area is 225 Å². The number of ketones is 2. The molecule has 3 fully saturated rings. The van der Waals surface area contributed by atoms with E-state index in [4.69, 9.17) is 4.74 Å². The monoisotopic (exact) mass is 558 g/mol. The molecule has 0 spiro atoms. The summed E-state index contributed by atoms with van der Waals surface area (Å²) in [6.45, 7) is 15.7. The van der Waals surface area contributed by atoms with Crippen molar-refractivity contribution in [1.29, 1.82) is 0 Å². The Bertz CT molecular complexity index is 1110. The average Bonchev–Trinajstić information content (AvgIpc) is 2.78. The predicted octanol–water partition coefficient (Wildman–Crippen LogP) is 7.21. The van der Waals surface area contributed by atoms with Crippen LogP contribution in [0.5, 0.6) is 0 Å². The number of ether oxygens (including phenoxy) is 1. The van der Waals surface area contributed by atoms with E-state index in [1.54, 1.807) is 0 Å². The molecule has 0 aromatic rings. The van der Waals surface area contributed by atoms with Crippen LogP contribution in [0.4, 0.5) is 0 Å². The maximum absolute atomic E-state index is 14.3. The first-order valence-electron chi connectivity index (χ1n) is 13.8. The summed E-state index contributed by atoms with van der Waals surface area (Å²) in [5.41, 5.74) is -0.551. The Kier molecular flexibility index (Phi) is 5.62. The van der Waals surface area contributed by atoms with E-state index in [2.05, 4.69) is 70.5 Å². The number of rotatable bonds is 1. The molecule has 0 aromatic carbocycles. The maximum Gasteiger partial charge on any atom is 0.312 e. The van der Waals surface area contributed by atoms with E-state index in [0.29, 0.717) is 4.48 Å². The fraction of sp³-hybridized carbons (Fsp3) is 0.774. The van der Waals surface area contributed by atoms with Gasteiger partial charge in [-0.15, -0.1) is 0 Å². The number of hydrogen-bond acceptors (Lipinski definition) is 4. The number of carbonyl (C=O) groups excluding carboxylic acids is 3. The van der Waals surface area contributed by atoms with Crippen LogP contribution >= 0.6 is 15.9 Å². The number of halogens is 1. The van der Waals surface area contributed by atoms with Gasteiger partial charge in [-0.05, 0) is 95.0 Å². The molecule has 5 heteroatoms. The number of Topliss-reactive ketones (excluding diaryl/α,β-unsaturated/α-hetero) is 1. The largest absolute Gasteiger partial charge is 0.469 e. The second-order valence-corrected chi connectivity index (χ2v) is 15.6. The van der Waals surface area contributed by atoms with Crippen LogP contribution in [0, 0.1) is 50.2 Å². The van der Waals surface area contributed by atoms with Crippen LogP contribution in [-0.2, 0) is 19.1 Å². The van der Waals surface area contributed by atoms with Gasteiger partial charge in [-0.3, -0.25) is 14.4 Å². The fourth-order valence-electron chi connectivity index (χ4n) is 10.0. The second-order valence-electron chi connectivity index (χ2n) is 14.7. The lowest BCUT2D eigenvalue weighted by Gasteiger charge is -2.68. The molecule has 7 atom stereocenters. The summed E-state index contributed by atoms with van der Waals surface area (Å²) in [4.78, 5) is 40.9. The molecule has 0 heterocycles. The summed E-state index contributed by atoms with van der Waals surface area (Å²) in [5.74, 6) is 0.175. The zero-order valence-electron chi connectivity index (χ0n) is 23.3. The first-order chi connectivity index (χ1) is 16.5. The second kappa shape index (κ2) is 7.67. The number of fused-ring (bicyclic) bond motifs is 7. The van der Waals surface area contributed by atoms with Crippen LogP contribution in [0.3, 0.4) is 0 Å². The minimum absolute atomic E-state index is 0.00763. The Balaban J connectivity index is 1.69. The first-order valence-corrected chi connectivity index (χ1v) is 14.6. The highest BCUT2D eigenvalue weighted by Crippen LogP contribution is 2.74. The van der Waals surface area contributed by atoms with Crippen molar-refractivity contribution < 1.29 is 19.1 Å². The van der Waals surface area contributed by atoms with Crippen molar-refractivity contribution in [2.24, 2.45) is 50.2 Å². The highest BCUT2D eigenvalue weighted by Gasteiger charge is 2.71. The molecule has 198 valence electrons. The van der Waals surface area contributed by atoms with Crippen molar-refractivity contribution >= 4 is 33.5 Å². The van der Waals surface area contributed by atoms with Crippen LogP contribution in [-0.4, -0.2) is 24.6 Å². The van der Waals surface area contributed by atoms with Gasteiger partial charge < -0.3 is 4.74 Å². The van der Waals surface area contributed by atoms with Gasteiger partial charge in [0, 0.05) is 16.7 Å². The summed E-state index contributed by atoms with van der Waals surface area (Å²) >= 11 is 3.60. The van der Waals surface area contributed by atoms with E-state index in [1.807, 2.05) is 6.08 Å². The molecule has 4 nitrogen and oxygen atoms in total. The summed E-state index contributed by atoms with van der Waals surface area (Å²) in [6.07, 6.45) is 10.3. The number of esters is 1. The highest BCUT2D eigenvalue weighted by molar-refractivity contribution is 9.12. The van der Waals surface area contributed by atoms with Crippen molar-refractivity contribution in [3.05, 3.63) is 22.2 Å². The SMILES string of the molecule is COC(=O)[C@]12CCC(C)(C)C[C@@H]1C1C(=O)C=C3[C@@]4(C)C=C(Br)C(=O)C(C)(C)[C@@H]4CC[C@@]3(C)[C@]1(C)CC2. The Hall–Kier alpha value is -1.23. The zero-order valence-corrected chi connectivity index (χ0v) is 24.9. The number of methoxy groups -OCH3 is 1. The van der Waals surface area contributed by atoms with Gasteiger partial charge in [-0.1, -0.05) is 60.1 Å². The van der Waals surface area contributed by atoms with Gasteiger partial charge >= 0.3 is 5.97 Å². The highest BCUT2D eigenvalue weighted by atomic mass is 79.9. The average molecular weight is 560 g/mol. The van der Waals surface area contributed by atoms with Crippen molar-refractivity contribution in [3.8, 4) is 0 Å². The molecule has 1 unspecified atom stereocenters. The molecule has 0 radical (unpaired) electrons. The molecule has 0 saturated heterocycles. The first kappa shape index (κ1) is 26.4. The zero-order chi connectivity index (χ0) is 26.7. The van der Waals surface area contributed by atoms with Gasteiger partial charge in [0.25, 0.3) is 0 Å². The normalized spacial score (nSPS) is 46.9. The van der Waals surface area contributed by atoms with Crippen LogP contribution in [0.2, 0.25) is 0 Å². The van der Waals surface area contributed by atoms with Crippen LogP contribution in [0.1, 0.15) is 93.4 Å². The van der Waals surface area contributed by atoms with Gasteiger partial charge in [0.15, 0.2) is 11.6 Å². The molecule has 5 aliphatic rings. The standard InChI is InChI=1S/C31H43BrO4/c1-26(2)11-13-31(25(35)36-8)14-12-30(7)23(18(31)16-26)20(33)15-22-28(5)17-19(32)24(34)27(3,4)21(28)9-10-29(22,30)6/h15,17-18,21,23H,9-14,16H2,1-8H3/t18-,21+,23?,28+,29-,30-,31+/m1/s1. The molecule has 0 aliphatic heterocycles. The number of allylic oxidation sites excluding steroid dienone is 4. The van der Waals surface area contributed by atoms with Crippen molar-refractivity contribution in [2.75, 3.05) is 7.11 Å². The smallest absolute Gasteiger partial charge is 0.312 e. The number of carbonyl (C=O) groups is 3. The van der Waals surface area contributed by atoms with Gasteiger partial charge in [0.05, 0.1) is 17.0 Å². The van der Waals surface area contributed by atoms with Crippen molar-refractivity contribution in [1.82, 2.24) is 0 Å². The van der Waals surface area contributed by atoms with E-state index >= 15 is 0 Å². The lowest BCUT2D eigenvalue weighted by molar-refractivity contribution is -0.191. The van der Waals surface area contributed by atoms with Gasteiger partial charge in [-0.25, -0.2) is 0 Å².